The van der Waals surface area contributed by atoms with Gasteiger partial charge in [-0.2, -0.15) is 0 Å². The number of anilines is 1. The van der Waals surface area contributed by atoms with Crippen LogP contribution in [0.5, 0.6) is 11.5 Å². The van der Waals surface area contributed by atoms with Gasteiger partial charge in [-0.3, -0.25) is 9.59 Å². The van der Waals surface area contributed by atoms with Crippen molar-refractivity contribution in [1.29, 1.82) is 0 Å². The highest BCUT2D eigenvalue weighted by Crippen LogP contribution is 2.29. The summed E-state index contributed by atoms with van der Waals surface area (Å²) in [5, 5.41) is 0.355. The van der Waals surface area contributed by atoms with Crippen LogP contribution in [0.2, 0.25) is 0 Å². The number of unbranched alkanes of at least 4 members (excludes halogenated alkanes) is 5. The highest BCUT2D eigenvalue weighted by molar-refractivity contribution is 6.07. The highest BCUT2D eigenvalue weighted by Gasteiger charge is 2.23. The van der Waals surface area contributed by atoms with E-state index >= 15 is 0 Å². The highest BCUT2D eigenvalue weighted by atomic mass is 79.9. The number of aromatic nitrogens is 2. The van der Waals surface area contributed by atoms with Crippen molar-refractivity contribution < 1.29 is 44.6 Å². The Morgan fingerprint density at radius 1 is 0.840 bits per heavy atom. The number of amides is 1. The zero-order valence-corrected chi connectivity index (χ0v) is 30.4. The molecule has 50 heavy (non-hydrogen) atoms. The van der Waals surface area contributed by atoms with Crippen molar-refractivity contribution in [3.63, 3.8) is 0 Å². The predicted octanol–water partition coefficient (Wildman–Crippen LogP) is 5.22. The Hall–Kier alpha value is -4.57. The lowest BCUT2D eigenvalue weighted by Crippen LogP contribution is -3.00. The topological polar surface area (TPSA) is 64.7 Å². The monoisotopic (exact) mass is 747 g/mol. The maximum atomic E-state index is 14.1. The summed E-state index contributed by atoms with van der Waals surface area (Å²) in [6, 6.07) is 20.2. The van der Waals surface area contributed by atoms with Gasteiger partial charge in [0.15, 0.2) is 12.4 Å². The van der Waals surface area contributed by atoms with Crippen molar-refractivity contribution in [2.24, 2.45) is 0 Å². The van der Waals surface area contributed by atoms with Gasteiger partial charge >= 0.3 is 0 Å². The molecule has 0 unspecified atom stereocenters. The second-order valence-electron chi connectivity index (χ2n) is 12.1. The molecule has 2 heterocycles. The van der Waals surface area contributed by atoms with Crippen molar-refractivity contribution in [2.75, 3.05) is 25.2 Å². The van der Waals surface area contributed by atoms with Crippen LogP contribution in [0.3, 0.4) is 0 Å². The summed E-state index contributed by atoms with van der Waals surface area (Å²) in [6.07, 6.45) is 13.4. The lowest BCUT2D eigenvalue weighted by atomic mass is 10.0. The predicted molar refractivity (Wildman–Crippen MR) is 189 cm³/mol. The van der Waals surface area contributed by atoms with Crippen LogP contribution in [-0.2, 0) is 13.0 Å². The molecule has 10 heteroatoms. The average Bonchev–Trinajstić information content (AvgIpc) is 3.10. The Morgan fingerprint density at radius 3 is 2.20 bits per heavy atom. The second-order valence-corrected chi connectivity index (χ2v) is 12.1. The molecule has 0 N–H and O–H groups in total. The Kier molecular flexibility index (Phi) is 14.1. The van der Waals surface area contributed by atoms with Gasteiger partial charge in [-0.15, -0.1) is 0 Å². The van der Waals surface area contributed by atoms with E-state index in [-0.39, 0.29) is 34.8 Å². The van der Waals surface area contributed by atoms with E-state index in [4.69, 9.17) is 9.47 Å². The fourth-order valence-corrected chi connectivity index (χ4v) is 6.15. The Balaban J connectivity index is 0.00000562. The third-order valence-corrected chi connectivity index (χ3v) is 8.62. The van der Waals surface area contributed by atoms with Gasteiger partial charge < -0.3 is 35.9 Å². The molecule has 3 aromatic carbocycles. The summed E-state index contributed by atoms with van der Waals surface area (Å²) in [5.74, 6) is -1.17. The van der Waals surface area contributed by atoms with E-state index in [1.54, 1.807) is 30.7 Å². The van der Waals surface area contributed by atoms with E-state index in [1.807, 2.05) is 37.3 Å². The molecule has 264 valence electrons. The number of halogens is 3. The molecule has 5 aromatic rings. The summed E-state index contributed by atoms with van der Waals surface area (Å²) in [4.78, 5) is 29.1. The fourth-order valence-electron chi connectivity index (χ4n) is 6.15. The lowest BCUT2D eigenvalue weighted by Gasteiger charge is -2.22. The summed E-state index contributed by atoms with van der Waals surface area (Å²) in [5.41, 5.74) is 1.79. The number of pyridine rings is 2. The van der Waals surface area contributed by atoms with E-state index in [2.05, 4.69) is 29.1 Å². The molecule has 0 bridgehead atoms. The third kappa shape index (κ3) is 9.56. The molecule has 0 atom stereocenters. The van der Waals surface area contributed by atoms with Gasteiger partial charge in [-0.1, -0.05) is 31.4 Å². The van der Waals surface area contributed by atoms with Gasteiger partial charge in [0, 0.05) is 66.6 Å². The van der Waals surface area contributed by atoms with Crippen LogP contribution >= 0.6 is 0 Å². The van der Waals surface area contributed by atoms with Crippen LogP contribution in [0.25, 0.3) is 16.6 Å². The molecule has 0 spiro atoms. The van der Waals surface area contributed by atoms with Crippen LogP contribution in [-0.4, -0.2) is 30.7 Å². The first-order chi connectivity index (χ1) is 23.8. The van der Waals surface area contributed by atoms with E-state index in [9.17, 15) is 18.4 Å². The molecule has 1 amide bonds. The smallest absolute Gasteiger partial charge is 0.263 e. The zero-order valence-electron chi connectivity index (χ0n) is 28.8. The van der Waals surface area contributed by atoms with Crippen molar-refractivity contribution in [3.05, 3.63) is 124 Å². The Bertz CT molecular complexity index is 1930. The standard InChI is InChI=1S/C40H44F2N3O4.BrH/c1-4-44(32-23-30(41)22-31(42)24-32)40(47)37-28-45(33-25-34(48-3)27-35(26-33)49-5-2)38-21-29(16-17-36(38)39(37)46)15-11-8-6-7-9-12-18-43-19-13-10-14-20-43;/h10,13-14,16-17,19-28H,4-9,11-12,15,18H2,1-3H3;1H/q+1;/p-1. The summed E-state index contributed by atoms with van der Waals surface area (Å²) in [6.45, 7) is 5.14. The molecule has 0 saturated heterocycles. The number of hydrogen-bond acceptors (Lipinski definition) is 4. The summed E-state index contributed by atoms with van der Waals surface area (Å²) < 4.78 is 43.7. The number of methoxy groups -OCH3 is 1. The fraction of sp³-hybridized carbons (Fsp3) is 0.325. The van der Waals surface area contributed by atoms with E-state index in [1.165, 1.54) is 23.9 Å². The van der Waals surface area contributed by atoms with Gasteiger partial charge in [0.1, 0.15) is 35.2 Å². The van der Waals surface area contributed by atoms with Crippen LogP contribution in [0.1, 0.15) is 68.3 Å². The molecule has 0 radical (unpaired) electrons. The molecule has 5 rings (SSSR count). The minimum Gasteiger partial charge on any atom is -1.00 e. The zero-order chi connectivity index (χ0) is 34.8. The number of carbonyl (C=O) groups excluding carboxylic acids is 1. The molecular formula is C40H44BrF2N3O4. The first-order valence-electron chi connectivity index (χ1n) is 17.0. The molecule has 0 aliphatic heterocycles. The van der Waals surface area contributed by atoms with E-state index in [0.717, 1.165) is 62.4 Å². The average molecular weight is 749 g/mol. The minimum atomic E-state index is -0.813. The van der Waals surface area contributed by atoms with Crippen molar-refractivity contribution >= 4 is 22.5 Å². The van der Waals surface area contributed by atoms with Gasteiger partial charge in [0.25, 0.3) is 5.91 Å². The number of aryl methyl sites for hydroxylation is 2. The van der Waals surface area contributed by atoms with Crippen LogP contribution < -0.4 is 41.4 Å². The number of rotatable bonds is 16. The van der Waals surface area contributed by atoms with Gasteiger partial charge in [0.05, 0.1) is 24.9 Å². The van der Waals surface area contributed by atoms with Crippen molar-refractivity contribution in [3.8, 4) is 17.2 Å². The van der Waals surface area contributed by atoms with E-state index in [0.29, 0.717) is 34.7 Å². The molecule has 0 aliphatic rings. The van der Waals surface area contributed by atoms with Crippen LogP contribution in [0.15, 0.2) is 96.2 Å². The van der Waals surface area contributed by atoms with Crippen molar-refractivity contribution in [2.45, 2.75) is 65.3 Å². The lowest BCUT2D eigenvalue weighted by molar-refractivity contribution is -0.697. The Labute approximate surface area is 302 Å². The van der Waals surface area contributed by atoms with Crippen LogP contribution in [0.4, 0.5) is 14.5 Å². The van der Waals surface area contributed by atoms with E-state index < -0.39 is 23.0 Å². The maximum Gasteiger partial charge on any atom is 0.263 e. The first kappa shape index (κ1) is 38.2. The normalized spacial score (nSPS) is 10.9. The number of fused-ring (bicyclic) bond motifs is 1. The number of nitrogens with zero attached hydrogens (tertiary/aromatic N) is 3. The molecular weight excluding hydrogens is 704 g/mol. The molecule has 0 aliphatic carbocycles. The number of ether oxygens (including phenoxy) is 2. The SMILES string of the molecule is CCOc1cc(OC)cc(-n2cc(C(=O)N(CC)c3cc(F)cc(F)c3)c(=O)c3ccc(CCCCCCCC[n+]4ccccc4)cc32)c1.[Br-]. The Morgan fingerprint density at radius 2 is 1.52 bits per heavy atom. The van der Waals surface area contributed by atoms with Gasteiger partial charge in [-0.05, 0) is 62.9 Å². The second kappa shape index (κ2) is 18.4. The minimum absolute atomic E-state index is 0. The maximum absolute atomic E-state index is 14.1. The summed E-state index contributed by atoms with van der Waals surface area (Å²) >= 11 is 0. The van der Waals surface area contributed by atoms with Crippen LogP contribution in [0, 0.1) is 11.6 Å². The van der Waals surface area contributed by atoms with Crippen molar-refractivity contribution in [1.82, 2.24) is 4.57 Å². The van der Waals surface area contributed by atoms with Gasteiger partial charge in [0.2, 0.25) is 5.43 Å². The third-order valence-electron chi connectivity index (χ3n) is 8.62. The quantitative estimate of drug-likeness (QED) is 0.103. The molecule has 2 aromatic heterocycles. The number of carbonyl (C=O) groups is 1. The molecule has 7 nitrogen and oxygen atoms in total. The number of hydrogen-bond donors (Lipinski definition) is 0. The molecule has 0 fully saturated rings. The number of benzene rings is 3. The summed E-state index contributed by atoms with van der Waals surface area (Å²) in [7, 11) is 1.56. The first-order valence-corrected chi connectivity index (χ1v) is 17.0. The molecule has 0 saturated carbocycles. The largest absolute Gasteiger partial charge is 1.00 e. The van der Waals surface area contributed by atoms with Gasteiger partial charge in [-0.25, -0.2) is 13.3 Å².